The number of carbonyl (C=O) groups excluding carboxylic acids is 1. The lowest BCUT2D eigenvalue weighted by Crippen LogP contribution is -2.43. The van der Waals surface area contributed by atoms with Crippen molar-refractivity contribution in [2.75, 3.05) is 11.4 Å². The van der Waals surface area contributed by atoms with E-state index < -0.39 is 11.7 Å². The minimum atomic E-state index is -4.48. The maximum absolute atomic E-state index is 13.2. The lowest BCUT2D eigenvalue weighted by molar-refractivity contribution is -0.137. The highest BCUT2D eigenvalue weighted by atomic mass is 19.4. The molecule has 144 valence electrons. The first-order valence-electron chi connectivity index (χ1n) is 8.61. The van der Waals surface area contributed by atoms with Gasteiger partial charge in [-0.3, -0.25) is 19.4 Å². The fourth-order valence-electron chi connectivity index (χ4n) is 3.30. The highest BCUT2D eigenvalue weighted by molar-refractivity contribution is 6.09. The number of hydrogen-bond donors (Lipinski definition) is 0. The van der Waals surface area contributed by atoms with Crippen LogP contribution in [0.25, 0.3) is 11.1 Å². The van der Waals surface area contributed by atoms with Crippen molar-refractivity contribution in [2.24, 2.45) is 0 Å². The smallest absolute Gasteiger partial charge is 0.289 e. The van der Waals surface area contributed by atoms with Crippen LogP contribution in [0, 0.1) is 6.92 Å². The SMILES string of the molecule is Cc1cc(-c2cnn3c2C(=O)N(c2ccc(C(F)(F)F)cn2)C[C@@H]3C)ccn1. The van der Waals surface area contributed by atoms with E-state index in [0.29, 0.717) is 11.3 Å². The molecule has 1 atom stereocenters. The maximum Gasteiger partial charge on any atom is 0.417 e. The van der Waals surface area contributed by atoms with Gasteiger partial charge in [-0.25, -0.2) is 4.98 Å². The largest absolute Gasteiger partial charge is 0.417 e. The Kier molecular flexibility index (Phi) is 4.17. The number of fused-ring (bicyclic) bond motifs is 1. The molecule has 3 aromatic rings. The van der Waals surface area contributed by atoms with Crippen molar-refractivity contribution in [1.82, 2.24) is 19.7 Å². The average molecular weight is 387 g/mol. The van der Waals surface area contributed by atoms with Crippen molar-refractivity contribution < 1.29 is 18.0 Å². The number of amides is 1. The summed E-state index contributed by atoms with van der Waals surface area (Å²) >= 11 is 0. The van der Waals surface area contributed by atoms with Crippen LogP contribution in [0.3, 0.4) is 0 Å². The summed E-state index contributed by atoms with van der Waals surface area (Å²) in [5.74, 6) is -0.179. The first-order chi connectivity index (χ1) is 13.3. The topological polar surface area (TPSA) is 63.9 Å². The number of hydrogen-bond acceptors (Lipinski definition) is 4. The molecule has 0 bridgehead atoms. The number of rotatable bonds is 2. The van der Waals surface area contributed by atoms with E-state index in [9.17, 15) is 18.0 Å². The van der Waals surface area contributed by atoms with E-state index in [-0.39, 0.29) is 24.3 Å². The number of aromatic nitrogens is 4. The third-order valence-electron chi connectivity index (χ3n) is 4.67. The summed E-state index contributed by atoms with van der Waals surface area (Å²) < 4.78 is 40.0. The molecule has 0 unspecified atom stereocenters. The molecule has 6 nitrogen and oxygen atoms in total. The standard InChI is InChI=1S/C19H16F3N5O/c1-11-7-13(5-6-23-11)15-9-25-27-12(2)10-26(18(28)17(15)27)16-4-3-14(8-24-16)19(20,21)22/h3-9,12H,10H2,1-2H3/t12-/m0/s1. The van der Waals surface area contributed by atoms with Gasteiger partial charge >= 0.3 is 6.18 Å². The van der Waals surface area contributed by atoms with Crippen molar-refractivity contribution in [2.45, 2.75) is 26.1 Å². The second-order valence-electron chi connectivity index (χ2n) is 6.70. The summed E-state index contributed by atoms with van der Waals surface area (Å²) in [4.78, 5) is 22.6. The van der Waals surface area contributed by atoms with Crippen LogP contribution in [0.1, 0.15) is 34.7 Å². The average Bonchev–Trinajstić information content (AvgIpc) is 3.10. The molecular formula is C19H16F3N5O. The molecule has 1 aliphatic rings. The van der Waals surface area contributed by atoms with E-state index in [1.807, 2.05) is 19.9 Å². The molecule has 0 saturated heterocycles. The molecule has 0 aromatic carbocycles. The molecule has 4 heterocycles. The van der Waals surface area contributed by atoms with Gasteiger partial charge in [0.25, 0.3) is 5.91 Å². The third kappa shape index (κ3) is 3.02. The van der Waals surface area contributed by atoms with Gasteiger partial charge < -0.3 is 0 Å². The third-order valence-corrected chi connectivity index (χ3v) is 4.67. The zero-order chi connectivity index (χ0) is 20.1. The minimum Gasteiger partial charge on any atom is -0.289 e. The number of halogens is 3. The van der Waals surface area contributed by atoms with Crippen molar-refractivity contribution >= 4 is 11.7 Å². The number of carbonyl (C=O) groups is 1. The summed E-state index contributed by atoms with van der Waals surface area (Å²) in [5, 5.41) is 4.35. The molecule has 0 saturated carbocycles. The molecule has 0 spiro atoms. The predicted octanol–water partition coefficient (Wildman–Crippen LogP) is 3.89. The lowest BCUT2D eigenvalue weighted by Gasteiger charge is -2.31. The molecule has 9 heteroatoms. The normalized spacial score (nSPS) is 17.0. The predicted molar refractivity (Wildman–Crippen MR) is 95.8 cm³/mol. The molecular weight excluding hydrogens is 371 g/mol. The number of pyridine rings is 2. The Morgan fingerprint density at radius 1 is 1.14 bits per heavy atom. The molecule has 1 aliphatic heterocycles. The highest BCUT2D eigenvalue weighted by Crippen LogP contribution is 2.33. The van der Waals surface area contributed by atoms with Gasteiger partial charge in [0, 0.05) is 30.2 Å². The second-order valence-corrected chi connectivity index (χ2v) is 6.70. The van der Waals surface area contributed by atoms with Crippen LogP contribution in [-0.2, 0) is 6.18 Å². The first-order valence-corrected chi connectivity index (χ1v) is 8.61. The van der Waals surface area contributed by atoms with Crippen LogP contribution in [0.4, 0.5) is 19.0 Å². The van der Waals surface area contributed by atoms with Crippen LogP contribution in [-0.4, -0.2) is 32.2 Å². The molecule has 1 amide bonds. The van der Waals surface area contributed by atoms with Crippen LogP contribution in [0.5, 0.6) is 0 Å². The van der Waals surface area contributed by atoms with Crippen molar-refractivity contribution in [3.05, 3.63) is 59.8 Å². The van der Waals surface area contributed by atoms with Gasteiger partial charge in [0.1, 0.15) is 11.5 Å². The maximum atomic E-state index is 13.2. The molecule has 0 fully saturated rings. The fourth-order valence-corrected chi connectivity index (χ4v) is 3.30. The Morgan fingerprint density at radius 3 is 2.57 bits per heavy atom. The highest BCUT2D eigenvalue weighted by Gasteiger charge is 2.35. The van der Waals surface area contributed by atoms with Crippen LogP contribution < -0.4 is 4.90 Å². The summed E-state index contributed by atoms with van der Waals surface area (Å²) in [6, 6.07) is 5.63. The first kappa shape index (κ1) is 18.1. The van der Waals surface area contributed by atoms with Crippen LogP contribution >= 0.6 is 0 Å². The fraction of sp³-hybridized carbons (Fsp3) is 0.263. The summed E-state index contributed by atoms with van der Waals surface area (Å²) in [5.41, 5.74) is 1.78. The molecule has 3 aromatic heterocycles. The second kappa shape index (κ2) is 6.43. The van der Waals surface area contributed by atoms with E-state index in [4.69, 9.17) is 0 Å². The minimum absolute atomic E-state index is 0.159. The van der Waals surface area contributed by atoms with Gasteiger partial charge in [0.05, 0.1) is 17.8 Å². The van der Waals surface area contributed by atoms with Crippen molar-refractivity contribution in [3.63, 3.8) is 0 Å². The van der Waals surface area contributed by atoms with Crippen molar-refractivity contribution in [3.8, 4) is 11.1 Å². The Morgan fingerprint density at radius 2 is 1.93 bits per heavy atom. The molecule has 4 rings (SSSR count). The molecule has 0 radical (unpaired) electrons. The monoisotopic (exact) mass is 387 g/mol. The Balaban J connectivity index is 1.75. The number of aryl methyl sites for hydroxylation is 1. The zero-order valence-corrected chi connectivity index (χ0v) is 15.1. The van der Waals surface area contributed by atoms with Gasteiger partial charge in [-0.15, -0.1) is 0 Å². The van der Waals surface area contributed by atoms with E-state index in [1.54, 1.807) is 23.1 Å². The van der Waals surface area contributed by atoms with Gasteiger partial charge in [-0.1, -0.05) is 0 Å². The van der Waals surface area contributed by atoms with Gasteiger partial charge in [-0.05, 0) is 43.7 Å². The molecule has 0 aliphatic carbocycles. The lowest BCUT2D eigenvalue weighted by atomic mass is 10.0. The number of nitrogens with zero attached hydrogens (tertiary/aromatic N) is 5. The summed E-state index contributed by atoms with van der Waals surface area (Å²) in [7, 11) is 0. The van der Waals surface area contributed by atoms with Crippen LogP contribution in [0.15, 0.2) is 42.9 Å². The number of anilines is 1. The Labute approximate surface area is 158 Å². The number of alkyl halides is 3. The van der Waals surface area contributed by atoms with Gasteiger partial charge in [0.15, 0.2) is 0 Å². The quantitative estimate of drug-likeness (QED) is 0.669. The van der Waals surface area contributed by atoms with E-state index in [1.165, 1.54) is 11.0 Å². The molecule has 28 heavy (non-hydrogen) atoms. The Hall–Kier alpha value is -3.23. The van der Waals surface area contributed by atoms with Gasteiger partial charge in [0.2, 0.25) is 0 Å². The van der Waals surface area contributed by atoms with E-state index >= 15 is 0 Å². The summed E-state index contributed by atoms with van der Waals surface area (Å²) in [6.45, 7) is 4.00. The van der Waals surface area contributed by atoms with Crippen molar-refractivity contribution in [1.29, 1.82) is 0 Å². The van der Waals surface area contributed by atoms with E-state index in [2.05, 4.69) is 15.1 Å². The summed E-state index contributed by atoms with van der Waals surface area (Å²) in [6.07, 6.45) is -0.453. The zero-order valence-electron chi connectivity index (χ0n) is 15.1. The van der Waals surface area contributed by atoms with Crippen LogP contribution in [0.2, 0.25) is 0 Å². The van der Waals surface area contributed by atoms with E-state index in [0.717, 1.165) is 23.5 Å². The molecule has 0 N–H and O–H groups in total. The Bertz CT molecular complexity index is 1040. The van der Waals surface area contributed by atoms with Gasteiger partial charge in [-0.2, -0.15) is 18.3 Å².